The Balaban J connectivity index is 1.12. The average molecular weight is 727 g/mol. The van der Waals surface area contributed by atoms with Crippen molar-refractivity contribution in [1.29, 1.82) is 0 Å². The fraction of sp³-hybridized carbons (Fsp3) is 0.0182. The molecular formula is C55H38N2. The monoisotopic (exact) mass is 726 g/mol. The van der Waals surface area contributed by atoms with Crippen LogP contribution in [0.5, 0.6) is 0 Å². The Morgan fingerprint density at radius 3 is 1.16 bits per heavy atom. The zero-order valence-corrected chi connectivity index (χ0v) is 31.3. The van der Waals surface area contributed by atoms with Crippen LogP contribution < -0.4 is 9.80 Å². The Morgan fingerprint density at radius 1 is 0.228 bits per heavy atom. The van der Waals surface area contributed by atoms with Crippen LogP contribution in [0.4, 0.5) is 34.1 Å². The van der Waals surface area contributed by atoms with E-state index in [9.17, 15) is 0 Å². The Labute approximate surface area is 334 Å². The van der Waals surface area contributed by atoms with Crippen molar-refractivity contribution in [3.63, 3.8) is 0 Å². The van der Waals surface area contributed by atoms with Crippen LogP contribution in [-0.2, 0) is 5.41 Å². The molecule has 0 aliphatic heterocycles. The third kappa shape index (κ3) is 5.18. The highest BCUT2D eigenvalue weighted by atomic mass is 15.1. The van der Waals surface area contributed by atoms with Gasteiger partial charge in [0.2, 0.25) is 0 Å². The van der Waals surface area contributed by atoms with Gasteiger partial charge in [0.15, 0.2) is 0 Å². The molecule has 0 N–H and O–H groups in total. The van der Waals surface area contributed by atoms with Crippen molar-refractivity contribution in [2.75, 3.05) is 9.80 Å². The summed E-state index contributed by atoms with van der Waals surface area (Å²) >= 11 is 0. The van der Waals surface area contributed by atoms with Gasteiger partial charge in [0.05, 0.1) is 5.41 Å². The zero-order valence-electron chi connectivity index (χ0n) is 31.3. The highest BCUT2D eigenvalue weighted by molar-refractivity contribution is 5.97. The highest BCUT2D eigenvalue weighted by Gasteiger charge is 2.51. The van der Waals surface area contributed by atoms with E-state index in [1.807, 2.05) is 0 Å². The second kappa shape index (κ2) is 13.4. The fourth-order valence-electron chi connectivity index (χ4n) is 9.48. The van der Waals surface area contributed by atoms with E-state index in [4.69, 9.17) is 0 Å². The van der Waals surface area contributed by atoms with Crippen LogP contribution in [0.15, 0.2) is 231 Å². The van der Waals surface area contributed by atoms with Crippen LogP contribution in [-0.4, -0.2) is 0 Å². The minimum absolute atomic E-state index is 0.468. The van der Waals surface area contributed by atoms with Gasteiger partial charge in [-0.2, -0.15) is 0 Å². The molecule has 2 nitrogen and oxygen atoms in total. The van der Waals surface area contributed by atoms with Gasteiger partial charge in [0.25, 0.3) is 0 Å². The van der Waals surface area contributed by atoms with Crippen molar-refractivity contribution >= 4 is 34.1 Å². The molecule has 2 aliphatic rings. The van der Waals surface area contributed by atoms with Crippen molar-refractivity contribution in [2.24, 2.45) is 0 Å². The van der Waals surface area contributed by atoms with E-state index in [1.165, 1.54) is 55.6 Å². The molecule has 0 atom stereocenters. The van der Waals surface area contributed by atoms with E-state index in [0.717, 1.165) is 34.1 Å². The molecule has 9 aromatic carbocycles. The molecule has 0 saturated heterocycles. The average Bonchev–Trinajstić information content (AvgIpc) is 3.75. The first-order valence-corrected chi connectivity index (χ1v) is 19.7. The second-order valence-corrected chi connectivity index (χ2v) is 14.9. The molecule has 0 amide bonds. The van der Waals surface area contributed by atoms with Crippen molar-refractivity contribution in [2.45, 2.75) is 5.41 Å². The number of para-hydroxylation sites is 4. The minimum atomic E-state index is -0.468. The quantitative estimate of drug-likeness (QED) is 0.161. The molecule has 1 spiro atoms. The lowest BCUT2D eigenvalue weighted by Crippen LogP contribution is -2.26. The summed E-state index contributed by atoms with van der Waals surface area (Å²) in [5.74, 6) is 0. The topological polar surface area (TPSA) is 6.48 Å². The molecular weight excluding hydrogens is 689 g/mol. The van der Waals surface area contributed by atoms with Gasteiger partial charge in [0.1, 0.15) is 0 Å². The normalized spacial score (nSPS) is 12.7. The summed E-state index contributed by atoms with van der Waals surface area (Å²) in [6.07, 6.45) is 0. The predicted octanol–water partition coefficient (Wildman–Crippen LogP) is 14.6. The molecule has 0 fully saturated rings. The molecule has 2 aliphatic carbocycles. The maximum absolute atomic E-state index is 2.46. The molecule has 9 aromatic rings. The largest absolute Gasteiger partial charge is 0.310 e. The second-order valence-electron chi connectivity index (χ2n) is 14.9. The predicted molar refractivity (Wildman–Crippen MR) is 238 cm³/mol. The summed E-state index contributed by atoms with van der Waals surface area (Å²) in [6, 6.07) is 84.1. The van der Waals surface area contributed by atoms with Gasteiger partial charge in [-0.1, -0.05) is 152 Å². The highest BCUT2D eigenvalue weighted by Crippen LogP contribution is 2.63. The van der Waals surface area contributed by atoms with E-state index < -0.39 is 5.41 Å². The molecule has 2 heteroatoms. The van der Waals surface area contributed by atoms with E-state index in [-0.39, 0.29) is 0 Å². The zero-order chi connectivity index (χ0) is 37.8. The maximum atomic E-state index is 2.46. The van der Waals surface area contributed by atoms with Gasteiger partial charge >= 0.3 is 0 Å². The number of anilines is 6. The Morgan fingerprint density at radius 2 is 0.632 bits per heavy atom. The van der Waals surface area contributed by atoms with Crippen LogP contribution in [0.3, 0.4) is 0 Å². The number of hydrogen-bond acceptors (Lipinski definition) is 2. The molecule has 0 aromatic heterocycles. The van der Waals surface area contributed by atoms with Crippen molar-refractivity contribution < 1.29 is 0 Å². The smallest absolute Gasteiger partial charge is 0.0726 e. The van der Waals surface area contributed by atoms with Crippen LogP contribution in [0.1, 0.15) is 22.3 Å². The first kappa shape index (κ1) is 33.0. The molecule has 0 heterocycles. The molecule has 0 bridgehead atoms. The SMILES string of the molecule is c1ccc(N(c2ccccc2)c2cccc(-c3ccc4c(c3)-c3ccc(N(c5ccccc5)c5ccccc5)cc3C43c4ccccc4-c4ccccc43)c2)cc1. The number of rotatable bonds is 7. The van der Waals surface area contributed by atoms with E-state index in [1.54, 1.807) is 0 Å². The third-order valence-corrected chi connectivity index (χ3v) is 11.8. The fourth-order valence-corrected chi connectivity index (χ4v) is 9.48. The van der Waals surface area contributed by atoms with Crippen LogP contribution in [0.25, 0.3) is 33.4 Å². The van der Waals surface area contributed by atoms with Crippen molar-refractivity contribution in [1.82, 2.24) is 0 Å². The first-order valence-electron chi connectivity index (χ1n) is 19.7. The van der Waals surface area contributed by atoms with Gasteiger partial charge in [-0.25, -0.2) is 0 Å². The summed E-state index contributed by atoms with van der Waals surface area (Å²) in [6.45, 7) is 0. The van der Waals surface area contributed by atoms with Crippen molar-refractivity contribution in [3.05, 3.63) is 253 Å². The minimum Gasteiger partial charge on any atom is -0.310 e. The molecule has 0 saturated carbocycles. The van der Waals surface area contributed by atoms with Crippen LogP contribution in [0.2, 0.25) is 0 Å². The molecule has 268 valence electrons. The molecule has 57 heavy (non-hydrogen) atoms. The van der Waals surface area contributed by atoms with E-state index >= 15 is 0 Å². The number of fused-ring (bicyclic) bond motifs is 10. The van der Waals surface area contributed by atoms with E-state index in [2.05, 4.69) is 240 Å². The Bertz CT molecular complexity index is 2780. The van der Waals surface area contributed by atoms with E-state index in [0.29, 0.717) is 0 Å². The van der Waals surface area contributed by atoms with Crippen LogP contribution in [0, 0.1) is 0 Å². The van der Waals surface area contributed by atoms with Gasteiger partial charge in [0, 0.05) is 34.1 Å². The summed E-state index contributed by atoms with van der Waals surface area (Å²) in [5.41, 5.74) is 19.1. The Kier molecular flexibility index (Phi) is 7.75. The standard InChI is InChI=1S/C55H38N2/c1-5-19-41(20-6-1)56(42-21-7-2-8-22-42)45-27-17-18-39(36-45)40-32-35-53-50(37-40)49-34-33-46(57(43-23-9-3-10-24-43)44-25-11-4-12-26-44)38-54(49)55(53)51-30-15-13-28-47(51)48-29-14-16-31-52(48)55/h1-38H. The van der Waals surface area contributed by atoms with Crippen LogP contribution >= 0.6 is 0 Å². The Hall–Kier alpha value is -7.42. The summed E-state index contributed by atoms with van der Waals surface area (Å²) in [7, 11) is 0. The lowest BCUT2D eigenvalue weighted by molar-refractivity contribution is 0.794. The van der Waals surface area contributed by atoms with Gasteiger partial charge in [-0.3, -0.25) is 0 Å². The number of nitrogens with zero attached hydrogens (tertiary/aromatic N) is 2. The lowest BCUT2D eigenvalue weighted by Gasteiger charge is -2.32. The van der Waals surface area contributed by atoms with Crippen molar-refractivity contribution in [3.8, 4) is 33.4 Å². The molecule has 0 unspecified atom stereocenters. The molecule has 0 radical (unpaired) electrons. The first-order chi connectivity index (χ1) is 28.3. The maximum Gasteiger partial charge on any atom is 0.0726 e. The summed E-state index contributed by atoms with van der Waals surface area (Å²) < 4.78 is 0. The summed E-state index contributed by atoms with van der Waals surface area (Å²) in [4.78, 5) is 4.71. The molecule has 11 rings (SSSR count). The van der Waals surface area contributed by atoms with Gasteiger partial charge in [-0.05, 0) is 134 Å². The number of hydrogen-bond donors (Lipinski definition) is 0. The third-order valence-electron chi connectivity index (χ3n) is 11.8. The lowest BCUT2D eigenvalue weighted by atomic mass is 9.70. The summed E-state index contributed by atoms with van der Waals surface area (Å²) in [5, 5.41) is 0. The number of benzene rings is 9. The van der Waals surface area contributed by atoms with Gasteiger partial charge in [-0.15, -0.1) is 0 Å². The van der Waals surface area contributed by atoms with Gasteiger partial charge < -0.3 is 9.80 Å².